The van der Waals surface area contributed by atoms with Gasteiger partial charge in [0.05, 0.1) is 0 Å². The standard InChI is InChI=1S/C16H18BrN3/c17-14-7-13(8-19-9-14)11-20(16-5-6-16)10-12-1-3-15(18)4-2-12/h1-4,7-9,16H,5-6,10-11,18H2. The first-order valence-electron chi connectivity index (χ1n) is 6.88. The molecule has 0 radical (unpaired) electrons. The van der Waals surface area contributed by atoms with Crippen molar-refractivity contribution in [1.82, 2.24) is 9.88 Å². The van der Waals surface area contributed by atoms with Gasteiger partial charge in [-0.05, 0) is 58.1 Å². The zero-order valence-corrected chi connectivity index (χ0v) is 12.9. The van der Waals surface area contributed by atoms with Crippen molar-refractivity contribution in [3.8, 4) is 0 Å². The molecule has 1 aliphatic carbocycles. The highest BCUT2D eigenvalue weighted by molar-refractivity contribution is 9.10. The van der Waals surface area contributed by atoms with Gasteiger partial charge in [0.15, 0.2) is 0 Å². The molecule has 1 aromatic carbocycles. The molecule has 1 saturated carbocycles. The van der Waals surface area contributed by atoms with Crippen molar-refractivity contribution in [2.75, 3.05) is 5.73 Å². The zero-order chi connectivity index (χ0) is 13.9. The number of rotatable bonds is 5. The summed E-state index contributed by atoms with van der Waals surface area (Å²) in [5.74, 6) is 0. The highest BCUT2D eigenvalue weighted by Crippen LogP contribution is 2.30. The monoisotopic (exact) mass is 331 g/mol. The van der Waals surface area contributed by atoms with Crippen molar-refractivity contribution in [3.05, 3.63) is 58.3 Å². The number of aromatic nitrogens is 1. The van der Waals surface area contributed by atoms with Gasteiger partial charge < -0.3 is 5.73 Å². The van der Waals surface area contributed by atoms with E-state index >= 15 is 0 Å². The van der Waals surface area contributed by atoms with E-state index < -0.39 is 0 Å². The minimum absolute atomic E-state index is 0.714. The number of hydrogen-bond acceptors (Lipinski definition) is 3. The summed E-state index contributed by atoms with van der Waals surface area (Å²) in [5.41, 5.74) is 9.13. The fourth-order valence-electron chi connectivity index (χ4n) is 2.39. The van der Waals surface area contributed by atoms with Crippen LogP contribution in [0.3, 0.4) is 0 Å². The number of nitrogen functional groups attached to an aromatic ring is 1. The van der Waals surface area contributed by atoms with Crippen molar-refractivity contribution in [2.24, 2.45) is 0 Å². The van der Waals surface area contributed by atoms with E-state index in [1.165, 1.54) is 24.0 Å². The van der Waals surface area contributed by atoms with Crippen molar-refractivity contribution >= 4 is 21.6 Å². The fourth-order valence-corrected chi connectivity index (χ4v) is 2.80. The predicted octanol–water partition coefficient (Wildman–Crippen LogP) is 3.59. The Kier molecular flexibility index (Phi) is 4.03. The lowest BCUT2D eigenvalue weighted by atomic mass is 10.1. The van der Waals surface area contributed by atoms with Crippen molar-refractivity contribution in [1.29, 1.82) is 0 Å². The first-order chi connectivity index (χ1) is 9.70. The van der Waals surface area contributed by atoms with Crippen LogP contribution in [0.5, 0.6) is 0 Å². The summed E-state index contributed by atoms with van der Waals surface area (Å²) in [4.78, 5) is 6.77. The SMILES string of the molecule is Nc1ccc(CN(Cc2cncc(Br)c2)C2CC2)cc1. The van der Waals surface area contributed by atoms with Gasteiger partial charge >= 0.3 is 0 Å². The van der Waals surface area contributed by atoms with Gasteiger partial charge in [0, 0.05) is 41.7 Å². The molecular weight excluding hydrogens is 314 g/mol. The second-order valence-electron chi connectivity index (χ2n) is 5.39. The zero-order valence-electron chi connectivity index (χ0n) is 11.3. The van der Waals surface area contributed by atoms with E-state index in [0.717, 1.165) is 23.2 Å². The van der Waals surface area contributed by atoms with Crippen molar-refractivity contribution in [2.45, 2.75) is 32.0 Å². The van der Waals surface area contributed by atoms with Crippen molar-refractivity contribution in [3.63, 3.8) is 0 Å². The third kappa shape index (κ3) is 3.58. The molecule has 3 rings (SSSR count). The second-order valence-corrected chi connectivity index (χ2v) is 6.30. The number of nitrogens with two attached hydrogens (primary N) is 1. The van der Waals surface area contributed by atoms with Crippen LogP contribution in [0.2, 0.25) is 0 Å². The average molecular weight is 332 g/mol. The third-order valence-electron chi connectivity index (χ3n) is 3.58. The Morgan fingerprint density at radius 2 is 1.80 bits per heavy atom. The molecule has 0 spiro atoms. The molecule has 0 unspecified atom stereocenters. The van der Waals surface area contributed by atoms with Crippen LogP contribution < -0.4 is 5.73 Å². The molecule has 2 aromatic rings. The minimum Gasteiger partial charge on any atom is -0.399 e. The highest BCUT2D eigenvalue weighted by atomic mass is 79.9. The van der Waals surface area contributed by atoms with E-state index in [-0.39, 0.29) is 0 Å². The Morgan fingerprint density at radius 1 is 1.10 bits per heavy atom. The smallest absolute Gasteiger partial charge is 0.0410 e. The van der Waals surface area contributed by atoms with E-state index in [9.17, 15) is 0 Å². The number of halogens is 1. The molecule has 0 bridgehead atoms. The predicted molar refractivity (Wildman–Crippen MR) is 85.1 cm³/mol. The lowest BCUT2D eigenvalue weighted by Crippen LogP contribution is -2.25. The topological polar surface area (TPSA) is 42.1 Å². The molecule has 0 atom stereocenters. The number of anilines is 1. The maximum absolute atomic E-state index is 5.74. The van der Waals surface area contributed by atoms with Crippen LogP contribution >= 0.6 is 15.9 Å². The van der Waals surface area contributed by atoms with Gasteiger partial charge in [-0.3, -0.25) is 9.88 Å². The second kappa shape index (κ2) is 5.94. The van der Waals surface area contributed by atoms with Crippen LogP contribution in [0.15, 0.2) is 47.2 Å². The summed E-state index contributed by atoms with van der Waals surface area (Å²) in [6, 6.07) is 11.0. The molecule has 0 saturated heterocycles. The molecular formula is C16H18BrN3. The Hall–Kier alpha value is -1.39. The normalized spacial score (nSPS) is 14.7. The summed E-state index contributed by atoms with van der Waals surface area (Å²) in [5, 5.41) is 0. The van der Waals surface area contributed by atoms with Gasteiger partial charge in [-0.15, -0.1) is 0 Å². The molecule has 1 fully saturated rings. The van der Waals surface area contributed by atoms with Crippen LogP contribution in [-0.4, -0.2) is 15.9 Å². The van der Waals surface area contributed by atoms with Crippen LogP contribution in [0.4, 0.5) is 5.69 Å². The number of benzene rings is 1. The molecule has 20 heavy (non-hydrogen) atoms. The summed E-state index contributed by atoms with van der Waals surface area (Å²) >= 11 is 3.48. The van der Waals surface area contributed by atoms with Crippen LogP contribution in [0, 0.1) is 0 Å². The highest BCUT2D eigenvalue weighted by Gasteiger charge is 2.28. The molecule has 1 aromatic heterocycles. The maximum Gasteiger partial charge on any atom is 0.0410 e. The van der Waals surface area contributed by atoms with E-state index in [1.807, 2.05) is 24.5 Å². The third-order valence-corrected chi connectivity index (χ3v) is 4.01. The average Bonchev–Trinajstić information content (AvgIpc) is 3.25. The summed E-state index contributed by atoms with van der Waals surface area (Å²) in [7, 11) is 0. The van der Waals surface area contributed by atoms with E-state index in [1.54, 1.807) is 0 Å². The molecule has 3 nitrogen and oxygen atoms in total. The lowest BCUT2D eigenvalue weighted by Gasteiger charge is -2.22. The number of hydrogen-bond donors (Lipinski definition) is 1. The first kappa shape index (κ1) is 13.6. The maximum atomic E-state index is 5.74. The Balaban J connectivity index is 1.71. The minimum atomic E-state index is 0.714. The lowest BCUT2D eigenvalue weighted by molar-refractivity contribution is 0.245. The summed E-state index contributed by atoms with van der Waals surface area (Å²) in [6.07, 6.45) is 6.38. The van der Waals surface area contributed by atoms with Gasteiger partial charge in [0.25, 0.3) is 0 Å². The largest absolute Gasteiger partial charge is 0.399 e. The van der Waals surface area contributed by atoms with Crippen molar-refractivity contribution < 1.29 is 0 Å². The van der Waals surface area contributed by atoms with Crippen LogP contribution in [0.25, 0.3) is 0 Å². The van der Waals surface area contributed by atoms with Gasteiger partial charge in [0.2, 0.25) is 0 Å². The van der Waals surface area contributed by atoms with Crippen LogP contribution in [0.1, 0.15) is 24.0 Å². The Morgan fingerprint density at radius 3 is 2.45 bits per heavy atom. The number of pyridine rings is 1. The van der Waals surface area contributed by atoms with Gasteiger partial charge in [-0.1, -0.05) is 12.1 Å². The first-order valence-corrected chi connectivity index (χ1v) is 7.68. The molecule has 2 N–H and O–H groups in total. The fraction of sp³-hybridized carbons (Fsp3) is 0.312. The molecule has 104 valence electrons. The Labute approximate surface area is 127 Å². The van der Waals surface area contributed by atoms with Crippen LogP contribution in [-0.2, 0) is 13.1 Å². The van der Waals surface area contributed by atoms with Gasteiger partial charge in [-0.2, -0.15) is 0 Å². The number of nitrogens with zero attached hydrogens (tertiary/aromatic N) is 2. The van der Waals surface area contributed by atoms with E-state index in [4.69, 9.17) is 5.73 Å². The molecule has 4 heteroatoms. The van der Waals surface area contributed by atoms with E-state index in [0.29, 0.717) is 6.04 Å². The van der Waals surface area contributed by atoms with E-state index in [2.05, 4.69) is 44.0 Å². The summed E-state index contributed by atoms with van der Waals surface area (Å²) < 4.78 is 1.04. The molecule has 1 heterocycles. The Bertz CT molecular complexity index is 579. The quantitative estimate of drug-likeness (QED) is 0.851. The van der Waals surface area contributed by atoms with Gasteiger partial charge in [0.1, 0.15) is 0 Å². The van der Waals surface area contributed by atoms with Gasteiger partial charge in [-0.25, -0.2) is 0 Å². The summed E-state index contributed by atoms with van der Waals surface area (Å²) in [6.45, 7) is 1.92. The molecule has 0 amide bonds. The molecule has 1 aliphatic rings. The molecule has 0 aliphatic heterocycles.